The number of allylic oxidation sites excluding steroid dienone is 1. The lowest BCUT2D eigenvalue weighted by Crippen LogP contribution is -2.60. The molecular formula is C25H31F3N8O. The summed E-state index contributed by atoms with van der Waals surface area (Å²) in [6.45, 7) is 1.50. The Labute approximate surface area is 213 Å². The van der Waals surface area contributed by atoms with Crippen LogP contribution in [0.5, 0.6) is 0 Å². The van der Waals surface area contributed by atoms with Gasteiger partial charge in [0.2, 0.25) is 11.8 Å². The number of nitrogens with one attached hydrogen (secondary N) is 3. The lowest BCUT2D eigenvalue weighted by Gasteiger charge is -2.38. The molecule has 9 nitrogen and oxygen atoms in total. The predicted molar refractivity (Wildman–Crippen MR) is 137 cm³/mol. The van der Waals surface area contributed by atoms with Gasteiger partial charge in [-0.05, 0) is 39.2 Å². The van der Waals surface area contributed by atoms with Gasteiger partial charge in [-0.1, -0.05) is 18.2 Å². The van der Waals surface area contributed by atoms with Crippen LogP contribution in [0.1, 0.15) is 6.92 Å². The first-order valence-electron chi connectivity index (χ1n) is 11.7. The van der Waals surface area contributed by atoms with Crippen LogP contribution in [-0.2, 0) is 11.8 Å². The second-order valence-electron chi connectivity index (χ2n) is 9.29. The van der Waals surface area contributed by atoms with E-state index in [1.54, 1.807) is 19.2 Å². The molecule has 0 aliphatic carbocycles. The number of para-hydroxylation sites is 1. The van der Waals surface area contributed by atoms with Gasteiger partial charge in [0, 0.05) is 49.0 Å². The number of ether oxygens (including phenoxy) is 1. The highest BCUT2D eigenvalue weighted by Gasteiger charge is 2.36. The molecule has 1 unspecified atom stereocenters. The Morgan fingerprint density at radius 2 is 1.97 bits per heavy atom. The van der Waals surface area contributed by atoms with Crippen molar-refractivity contribution in [3.8, 4) is 11.3 Å². The van der Waals surface area contributed by atoms with Crippen LogP contribution >= 0.6 is 0 Å². The molecule has 2 aromatic heterocycles. The maximum Gasteiger partial charge on any atom is 0.422 e. The maximum absolute atomic E-state index is 13.0. The Hall–Kier alpha value is -3.77. The molecule has 0 radical (unpaired) electrons. The highest BCUT2D eigenvalue weighted by molar-refractivity contribution is 5.95. The van der Waals surface area contributed by atoms with Crippen molar-refractivity contribution >= 4 is 16.9 Å². The standard InChI is InChI=1S/C25H31F3N8O/c1-24(31-11-12-35(2)3)21(29)13-19(22(34-24)37-15-25(26,27)28)33-23-30-10-9-18(32-23)17-14-36(4)20-8-6-5-7-16(17)20/h5-10,13-14,31,34H,11-12,15,29H2,1-4H3,(H,30,32,33). The Kier molecular flexibility index (Phi) is 7.32. The van der Waals surface area contributed by atoms with Gasteiger partial charge in [-0.2, -0.15) is 13.2 Å². The molecule has 3 aromatic rings. The molecule has 0 spiro atoms. The fraction of sp³-hybridized carbons (Fsp3) is 0.360. The van der Waals surface area contributed by atoms with E-state index in [0.717, 1.165) is 16.5 Å². The molecule has 0 amide bonds. The SMILES string of the molecule is CN(C)CCNC1(C)NC(OCC(F)(F)F)=C(Nc2nccc(-c3cn(C)c4ccccc34)n2)C=C1N. The minimum atomic E-state index is -4.52. The van der Waals surface area contributed by atoms with Gasteiger partial charge in [0.25, 0.3) is 0 Å². The van der Waals surface area contributed by atoms with Crippen LogP contribution in [0.2, 0.25) is 0 Å². The van der Waals surface area contributed by atoms with Gasteiger partial charge in [-0.15, -0.1) is 0 Å². The van der Waals surface area contributed by atoms with E-state index < -0.39 is 18.4 Å². The fourth-order valence-electron chi connectivity index (χ4n) is 4.00. The number of hydrogen-bond acceptors (Lipinski definition) is 8. The van der Waals surface area contributed by atoms with Crippen LogP contribution in [0.25, 0.3) is 22.2 Å². The topological polar surface area (TPSA) is 105 Å². The number of nitrogens with zero attached hydrogens (tertiary/aromatic N) is 4. The first-order valence-corrected chi connectivity index (χ1v) is 11.7. The van der Waals surface area contributed by atoms with Crippen LogP contribution < -0.4 is 21.7 Å². The second kappa shape index (κ2) is 10.3. The van der Waals surface area contributed by atoms with E-state index in [1.807, 2.05) is 61.1 Å². The molecule has 1 aromatic carbocycles. The van der Waals surface area contributed by atoms with E-state index in [9.17, 15) is 13.2 Å². The lowest BCUT2D eigenvalue weighted by molar-refractivity contribution is -0.167. The number of halogens is 3. The Bertz CT molecular complexity index is 1330. The van der Waals surface area contributed by atoms with Crippen LogP contribution in [0, 0.1) is 0 Å². The largest absolute Gasteiger partial charge is 0.468 e. The third-order valence-electron chi connectivity index (χ3n) is 5.98. The highest BCUT2D eigenvalue weighted by atomic mass is 19.4. The van der Waals surface area contributed by atoms with Gasteiger partial charge in [0.1, 0.15) is 11.4 Å². The van der Waals surface area contributed by atoms with Crippen molar-refractivity contribution in [3.05, 3.63) is 66.1 Å². The normalized spacial score (nSPS) is 18.2. The number of fused-ring (bicyclic) bond motifs is 1. The molecule has 198 valence electrons. The number of aromatic nitrogens is 3. The highest BCUT2D eigenvalue weighted by Crippen LogP contribution is 2.30. The summed E-state index contributed by atoms with van der Waals surface area (Å²) in [6, 6.07) is 9.71. The molecule has 0 saturated carbocycles. The second-order valence-corrected chi connectivity index (χ2v) is 9.29. The molecule has 0 saturated heterocycles. The lowest BCUT2D eigenvalue weighted by atomic mass is 10.0. The monoisotopic (exact) mass is 516 g/mol. The number of benzene rings is 1. The summed E-state index contributed by atoms with van der Waals surface area (Å²) < 4.78 is 46.2. The first kappa shape index (κ1) is 26.3. The molecule has 0 bridgehead atoms. The molecule has 0 fully saturated rings. The number of rotatable bonds is 9. The van der Waals surface area contributed by atoms with E-state index in [1.165, 1.54) is 6.08 Å². The zero-order valence-electron chi connectivity index (χ0n) is 21.1. The third-order valence-corrected chi connectivity index (χ3v) is 5.98. The molecule has 1 aliphatic rings. The average Bonchev–Trinajstić information content (AvgIpc) is 3.17. The number of likely N-dealkylation sites (N-methyl/N-ethyl adjacent to an activating group) is 1. The van der Waals surface area contributed by atoms with Crippen molar-refractivity contribution in [2.45, 2.75) is 18.8 Å². The van der Waals surface area contributed by atoms with Gasteiger partial charge in [0.15, 0.2) is 6.61 Å². The van der Waals surface area contributed by atoms with Gasteiger partial charge >= 0.3 is 6.18 Å². The minimum Gasteiger partial charge on any atom is -0.468 e. The molecule has 12 heteroatoms. The number of anilines is 1. The van der Waals surface area contributed by atoms with Gasteiger partial charge in [-0.3, -0.25) is 5.32 Å². The van der Waals surface area contributed by atoms with Crippen LogP contribution in [0.4, 0.5) is 19.1 Å². The van der Waals surface area contributed by atoms with Gasteiger partial charge in [0.05, 0.1) is 11.4 Å². The number of nitrogens with two attached hydrogens (primary N) is 1. The summed E-state index contributed by atoms with van der Waals surface area (Å²) in [4.78, 5) is 10.8. The predicted octanol–water partition coefficient (Wildman–Crippen LogP) is 3.11. The summed E-state index contributed by atoms with van der Waals surface area (Å²) in [5.41, 5.74) is 8.46. The Morgan fingerprint density at radius 1 is 1.22 bits per heavy atom. The molecule has 1 atom stereocenters. The summed E-state index contributed by atoms with van der Waals surface area (Å²) in [6.07, 6.45) is 0.559. The summed E-state index contributed by atoms with van der Waals surface area (Å²) in [5, 5.41) is 10.2. The number of hydrogen-bond donors (Lipinski definition) is 4. The van der Waals surface area contributed by atoms with Crippen molar-refractivity contribution in [3.63, 3.8) is 0 Å². The number of aryl methyl sites for hydroxylation is 1. The number of alkyl halides is 3. The average molecular weight is 517 g/mol. The van der Waals surface area contributed by atoms with Gasteiger partial charge < -0.3 is 30.6 Å². The smallest absolute Gasteiger partial charge is 0.422 e. The van der Waals surface area contributed by atoms with Crippen LogP contribution in [0.15, 0.2) is 66.1 Å². The third kappa shape index (κ3) is 6.15. The van der Waals surface area contributed by atoms with Crippen molar-refractivity contribution < 1.29 is 17.9 Å². The zero-order chi connectivity index (χ0) is 26.8. The van der Waals surface area contributed by atoms with Crippen molar-refractivity contribution in [2.24, 2.45) is 12.8 Å². The number of dihydropyridines is 1. The molecule has 37 heavy (non-hydrogen) atoms. The summed E-state index contributed by atoms with van der Waals surface area (Å²) >= 11 is 0. The maximum atomic E-state index is 13.0. The molecular weight excluding hydrogens is 485 g/mol. The van der Waals surface area contributed by atoms with Crippen molar-refractivity contribution in [1.82, 2.24) is 30.1 Å². The molecule has 5 N–H and O–H groups in total. The van der Waals surface area contributed by atoms with E-state index in [0.29, 0.717) is 24.5 Å². The molecule has 3 heterocycles. The van der Waals surface area contributed by atoms with E-state index in [2.05, 4.69) is 25.9 Å². The van der Waals surface area contributed by atoms with Crippen molar-refractivity contribution in [1.29, 1.82) is 0 Å². The van der Waals surface area contributed by atoms with E-state index in [-0.39, 0.29) is 17.5 Å². The zero-order valence-corrected chi connectivity index (χ0v) is 21.1. The molecule has 4 rings (SSSR count). The van der Waals surface area contributed by atoms with Crippen molar-refractivity contribution in [2.75, 3.05) is 39.1 Å². The molecule has 1 aliphatic heterocycles. The Balaban J connectivity index is 1.64. The van der Waals surface area contributed by atoms with Crippen LogP contribution in [0.3, 0.4) is 0 Å². The fourth-order valence-corrected chi connectivity index (χ4v) is 4.00. The van der Waals surface area contributed by atoms with E-state index in [4.69, 9.17) is 10.5 Å². The first-order chi connectivity index (χ1) is 17.4. The minimum absolute atomic E-state index is 0.120. The summed E-state index contributed by atoms with van der Waals surface area (Å²) in [7, 11) is 5.79. The quantitative estimate of drug-likeness (QED) is 0.344. The summed E-state index contributed by atoms with van der Waals surface area (Å²) in [5.74, 6) is 0.0640. The van der Waals surface area contributed by atoms with Crippen LogP contribution in [-0.4, -0.2) is 65.1 Å². The van der Waals surface area contributed by atoms with E-state index >= 15 is 0 Å². The Morgan fingerprint density at radius 3 is 2.70 bits per heavy atom. The van der Waals surface area contributed by atoms with Gasteiger partial charge in [-0.25, -0.2) is 9.97 Å².